The molecule has 1 aliphatic carbocycles. The lowest BCUT2D eigenvalue weighted by atomic mass is 9.79. The molecule has 10 nitrogen and oxygen atoms in total. The number of nitrogens with zero attached hydrogens (tertiary/aromatic N) is 5. The van der Waals surface area contributed by atoms with Crippen molar-refractivity contribution in [1.29, 1.82) is 0 Å². The molecule has 0 bridgehead atoms. The molecule has 44 heavy (non-hydrogen) atoms. The Morgan fingerprint density at radius 2 is 1.84 bits per heavy atom. The van der Waals surface area contributed by atoms with E-state index < -0.39 is 26.0 Å². The number of hydrogen-bond donors (Lipinski definition) is 2. The molecule has 0 spiro atoms. The molecule has 3 heterocycles. The highest BCUT2D eigenvalue weighted by molar-refractivity contribution is 6.76. The minimum Gasteiger partial charge on any atom is -0.360 e. The van der Waals surface area contributed by atoms with Gasteiger partial charge >= 0.3 is 0 Å². The first-order valence-electron chi connectivity index (χ1n) is 15.9. The van der Waals surface area contributed by atoms with Crippen LogP contribution >= 0.6 is 0 Å². The van der Waals surface area contributed by atoms with E-state index in [0.717, 1.165) is 37.4 Å². The summed E-state index contributed by atoms with van der Waals surface area (Å²) < 4.78 is 24.9. The average molecular weight is 626 g/mol. The van der Waals surface area contributed by atoms with E-state index in [-0.39, 0.29) is 17.6 Å². The van der Waals surface area contributed by atoms with E-state index in [1.165, 1.54) is 0 Å². The quantitative estimate of drug-likeness (QED) is 0.136. The standard InChI is InChI=1S/C32H48FN7O3Si/c1-8-25-28(22(4)38-40(25)20-43-18-19-44(5,6)7)24-14-15-27(35-30(24)33)36-32(42)29(23-12-10-21(3)11-13-23)37-31(41)26-16-17-34-39(26)9-2/h14-17,21,23,29H,8-13,18-20H2,1-7H3,(H,37,41)(H,35,36,42). The maximum absolute atomic E-state index is 15.6. The SMILES string of the molecule is CCc1c(-c2ccc(NC(=O)C(NC(=O)c3ccnn3CC)C3CCC(C)CC3)nc2F)c(C)nn1COCC[Si](C)(C)C. The summed E-state index contributed by atoms with van der Waals surface area (Å²) in [6.07, 6.45) is 5.81. The molecule has 1 unspecified atom stereocenters. The Bertz CT molecular complexity index is 1440. The van der Waals surface area contributed by atoms with E-state index in [9.17, 15) is 9.59 Å². The van der Waals surface area contributed by atoms with Gasteiger partial charge in [-0.05, 0) is 69.2 Å². The zero-order chi connectivity index (χ0) is 32.0. The van der Waals surface area contributed by atoms with E-state index >= 15 is 4.39 Å². The van der Waals surface area contributed by atoms with Crippen molar-refractivity contribution < 1.29 is 18.7 Å². The minimum atomic E-state index is -1.21. The molecule has 3 aromatic rings. The zero-order valence-electron chi connectivity index (χ0n) is 27.2. The van der Waals surface area contributed by atoms with Crippen LogP contribution in [0, 0.1) is 24.7 Å². The molecular weight excluding hydrogens is 577 g/mol. The molecule has 0 aromatic carbocycles. The van der Waals surface area contributed by atoms with Gasteiger partial charge in [-0.1, -0.05) is 46.3 Å². The highest BCUT2D eigenvalue weighted by Crippen LogP contribution is 2.32. The van der Waals surface area contributed by atoms with Crippen LogP contribution in [0.4, 0.5) is 10.2 Å². The summed E-state index contributed by atoms with van der Waals surface area (Å²) in [7, 11) is -1.21. The highest BCUT2D eigenvalue weighted by Gasteiger charge is 2.33. The predicted molar refractivity (Wildman–Crippen MR) is 173 cm³/mol. The van der Waals surface area contributed by atoms with Gasteiger partial charge in [-0.2, -0.15) is 14.6 Å². The van der Waals surface area contributed by atoms with Crippen molar-refractivity contribution in [1.82, 2.24) is 29.9 Å². The van der Waals surface area contributed by atoms with Crippen molar-refractivity contribution in [2.75, 3.05) is 11.9 Å². The van der Waals surface area contributed by atoms with Crippen LogP contribution in [0.15, 0.2) is 24.4 Å². The third kappa shape index (κ3) is 8.20. The van der Waals surface area contributed by atoms with E-state index in [0.29, 0.717) is 54.7 Å². The third-order valence-corrected chi connectivity index (χ3v) is 10.2. The van der Waals surface area contributed by atoms with E-state index in [1.54, 1.807) is 33.8 Å². The number of rotatable bonds is 13. The lowest BCUT2D eigenvalue weighted by Crippen LogP contribution is -2.49. The van der Waals surface area contributed by atoms with Crippen LogP contribution in [0.5, 0.6) is 0 Å². The average Bonchev–Trinajstić information content (AvgIpc) is 3.58. The summed E-state index contributed by atoms with van der Waals surface area (Å²) in [4.78, 5) is 30.9. The number of carbonyl (C=O) groups excluding carboxylic acids is 2. The van der Waals surface area contributed by atoms with Crippen LogP contribution in [-0.2, 0) is 29.2 Å². The summed E-state index contributed by atoms with van der Waals surface area (Å²) in [6, 6.07) is 5.15. The molecule has 2 amide bonds. The van der Waals surface area contributed by atoms with Crippen LogP contribution in [0.25, 0.3) is 11.1 Å². The first-order valence-corrected chi connectivity index (χ1v) is 19.6. The molecule has 12 heteroatoms. The second kappa shape index (κ2) is 14.6. The monoisotopic (exact) mass is 625 g/mol. The molecule has 4 rings (SSSR count). The fourth-order valence-corrected chi connectivity index (χ4v) is 6.64. The number of aryl methyl sites for hydroxylation is 2. The van der Waals surface area contributed by atoms with Crippen molar-refractivity contribution >= 4 is 25.7 Å². The Hall–Kier alpha value is -3.38. The number of aromatic nitrogens is 5. The summed E-state index contributed by atoms with van der Waals surface area (Å²) in [5, 5.41) is 14.5. The fraction of sp³-hybridized carbons (Fsp3) is 0.594. The summed E-state index contributed by atoms with van der Waals surface area (Å²) in [5.41, 5.74) is 2.97. The second-order valence-electron chi connectivity index (χ2n) is 13.1. The minimum absolute atomic E-state index is 0.0363. The molecule has 0 saturated heterocycles. The van der Waals surface area contributed by atoms with Gasteiger partial charge < -0.3 is 15.4 Å². The number of halogens is 1. The van der Waals surface area contributed by atoms with Crippen molar-refractivity contribution in [2.24, 2.45) is 11.8 Å². The van der Waals surface area contributed by atoms with Gasteiger partial charge in [-0.25, -0.2) is 9.67 Å². The molecule has 1 saturated carbocycles. The van der Waals surface area contributed by atoms with Gasteiger partial charge in [0, 0.05) is 44.2 Å². The molecule has 0 radical (unpaired) electrons. The first kappa shape index (κ1) is 33.5. The summed E-state index contributed by atoms with van der Waals surface area (Å²) >= 11 is 0. The van der Waals surface area contributed by atoms with Gasteiger partial charge in [0.25, 0.3) is 5.91 Å². The topological polar surface area (TPSA) is 116 Å². The second-order valence-corrected chi connectivity index (χ2v) is 18.8. The lowest BCUT2D eigenvalue weighted by molar-refractivity contribution is -0.119. The van der Waals surface area contributed by atoms with Gasteiger partial charge in [0.1, 0.15) is 24.3 Å². The lowest BCUT2D eigenvalue weighted by Gasteiger charge is -2.32. The van der Waals surface area contributed by atoms with Gasteiger partial charge in [0.05, 0.1) is 5.69 Å². The maximum atomic E-state index is 15.6. The Morgan fingerprint density at radius 3 is 2.48 bits per heavy atom. The van der Waals surface area contributed by atoms with Crippen LogP contribution in [0.1, 0.15) is 68.3 Å². The molecule has 1 aliphatic rings. The van der Waals surface area contributed by atoms with Gasteiger partial charge in [0.2, 0.25) is 11.9 Å². The van der Waals surface area contributed by atoms with Crippen molar-refractivity contribution in [3.05, 3.63) is 47.4 Å². The number of pyridine rings is 1. The normalized spacial score (nSPS) is 17.8. The zero-order valence-corrected chi connectivity index (χ0v) is 28.2. The maximum Gasteiger partial charge on any atom is 0.270 e. The summed E-state index contributed by atoms with van der Waals surface area (Å²) in [5.74, 6) is -0.830. The number of nitrogens with one attached hydrogen (secondary N) is 2. The molecule has 1 atom stereocenters. The smallest absolute Gasteiger partial charge is 0.270 e. The highest BCUT2D eigenvalue weighted by atomic mass is 28.3. The van der Waals surface area contributed by atoms with Gasteiger partial charge in [0.15, 0.2) is 0 Å². The molecule has 0 aliphatic heterocycles. The Morgan fingerprint density at radius 1 is 1.11 bits per heavy atom. The number of hydrogen-bond acceptors (Lipinski definition) is 6. The predicted octanol–water partition coefficient (Wildman–Crippen LogP) is 6.05. The van der Waals surface area contributed by atoms with Crippen LogP contribution in [0.2, 0.25) is 25.7 Å². The molecule has 240 valence electrons. The number of anilines is 1. The Labute approximate surface area is 261 Å². The van der Waals surface area contributed by atoms with Crippen LogP contribution in [-0.4, -0.2) is 57.1 Å². The first-order chi connectivity index (χ1) is 20.9. The number of ether oxygens (including phenoxy) is 1. The Balaban J connectivity index is 1.52. The van der Waals surface area contributed by atoms with E-state index in [2.05, 4.69) is 52.4 Å². The van der Waals surface area contributed by atoms with E-state index in [1.807, 2.05) is 20.8 Å². The van der Waals surface area contributed by atoms with Crippen molar-refractivity contribution in [3.8, 4) is 11.1 Å². The molecule has 1 fully saturated rings. The summed E-state index contributed by atoms with van der Waals surface area (Å²) in [6.45, 7) is 16.4. The van der Waals surface area contributed by atoms with E-state index in [4.69, 9.17) is 4.74 Å². The van der Waals surface area contributed by atoms with Gasteiger partial charge in [-0.15, -0.1) is 0 Å². The molecule has 2 N–H and O–H groups in total. The molecule has 3 aromatic heterocycles. The van der Waals surface area contributed by atoms with Gasteiger partial charge in [-0.3, -0.25) is 14.3 Å². The number of amides is 2. The number of carbonyl (C=O) groups is 2. The fourth-order valence-electron chi connectivity index (χ4n) is 5.88. The van der Waals surface area contributed by atoms with Crippen molar-refractivity contribution in [3.63, 3.8) is 0 Å². The third-order valence-electron chi connectivity index (χ3n) is 8.50. The van der Waals surface area contributed by atoms with Crippen molar-refractivity contribution in [2.45, 2.75) is 105 Å². The van der Waals surface area contributed by atoms with Crippen LogP contribution in [0.3, 0.4) is 0 Å². The largest absolute Gasteiger partial charge is 0.360 e. The van der Waals surface area contributed by atoms with Crippen LogP contribution < -0.4 is 10.6 Å². The molecular formula is C32H48FN7O3Si. The Kier molecular flexibility index (Phi) is 11.1.